The van der Waals surface area contributed by atoms with Gasteiger partial charge in [-0.3, -0.25) is 0 Å². The largest absolute Gasteiger partial charge is 0.398 e. The molecule has 0 spiro atoms. The van der Waals surface area contributed by atoms with E-state index >= 15 is 0 Å². The topological polar surface area (TPSA) is 46.2 Å². The van der Waals surface area contributed by atoms with Gasteiger partial charge < -0.3 is 10.8 Å². The third-order valence-corrected chi connectivity index (χ3v) is 3.29. The van der Waals surface area contributed by atoms with Crippen LogP contribution in [0.15, 0.2) is 29.6 Å². The fraction of sp³-hybridized carbons (Fsp3) is 0.167. The minimum atomic E-state index is -0.861. The zero-order chi connectivity index (χ0) is 11.7. The van der Waals surface area contributed by atoms with E-state index in [-0.39, 0.29) is 0 Å². The van der Waals surface area contributed by atoms with E-state index in [9.17, 15) is 9.50 Å². The molecule has 0 aliphatic rings. The summed E-state index contributed by atoms with van der Waals surface area (Å²) in [7, 11) is 0. The molecule has 0 fully saturated rings. The van der Waals surface area contributed by atoms with Crippen molar-refractivity contribution in [1.82, 2.24) is 0 Å². The highest BCUT2D eigenvalue weighted by atomic mass is 32.1. The van der Waals surface area contributed by atoms with Crippen LogP contribution < -0.4 is 5.73 Å². The Morgan fingerprint density at radius 2 is 2.12 bits per heavy atom. The zero-order valence-corrected chi connectivity index (χ0v) is 9.59. The van der Waals surface area contributed by atoms with E-state index in [4.69, 9.17) is 5.73 Å². The summed E-state index contributed by atoms with van der Waals surface area (Å²) in [6, 6.07) is 5.89. The molecule has 0 aliphatic heterocycles. The number of rotatable bonds is 2. The van der Waals surface area contributed by atoms with Crippen LogP contribution in [0, 0.1) is 12.7 Å². The summed E-state index contributed by atoms with van der Waals surface area (Å²) >= 11 is 1.54. The number of benzene rings is 1. The number of aryl methyl sites for hydroxylation is 1. The lowest BCUT2D eigenvalue weighted by atomic mass is 10.0. The molecule has 1 heterocycles. The Bertz CT molecular complexity index is 509. The smallest absolute Gasteiger partial charge is 0.123 e. The van der Waals surface area contributed by atoms with Crippen LogP contribution in [0.25, 0.3) is 0 Å². The minimum absolute atomic E-state index is 0.393. The fourth-order valence-electron chi connectivity index (χ4n) is 1.57. The number of nitrogens with two attached hydrogens (primary N) is 1. The highest BCUT2D eigenvalue weighted by Crippen LogP contribution is 2.29. The zero-order valence-electron chi connectivity index (χ0n) is 8.77. The first-order valence-corrected chi connectivity index (χ1v) is 5.74. The fourth-order valence-corrected chi connectivity index (χ4v) is 2.29. The minimum Gasteiger partial charge on any atom is -0.398 e. The maximum absolute atomic E-state index is 13.1. The normalized spacial score (nSPS) is 12.7. The lowest BCUT2D eigenvalue weighted by Gasteiger charge is -2.12. The van der Waals surface area contributed by atoms with Crippen LogP contribution in [0.5, 0.6) is 0 Å². The van der Waals surface area contributed by atoms with E-state index in [1.54, 1.807) is 11.3 Å². The summed E-state index contributed by atoms with van der Waals surface area (Å²) in [5, 5.41) is 11.9. The van der Waals surface area contributed by atoms with Crippen molar-refractivity contribution in [2.75, 3.05) is 5.73 Å². The lowest BCUT2D eigenvalue weighted by Crippen LogP contribution is -2.03. The summed E-state index contributed by atoms with van der Waals surface area (Å²) in [6.07, 6.45) is -0.861. The van der Waals surface area contributed by atoms with E-state index in [1.165, 1.54) is 18.2 Å². The van der Waals surface area contributed by atoms with Crippen molar-refractivity contribution in [3.8, 4) is 0 Å². The van der Waals surface area contributed by atoms with Crippen molar-refractivity contribution in [2.45, 2.75) is 13.0 Å². The Hall–Kier alpha value is -1.39. The molecule has 16 heavy (non-hydrogen) atoms. The Labute approximate surface area is 97.2 Å². The van der Waals surface area contributed by atoms with Crippen LogP contribution in [0.1, 0.15) is 22.1 Å². The first kappa shape index (κ1) is 11.1. The van der Waals surface area contributed by atoms with Crippen molar-refractivity contribution in [3.63, 3.8) is 0 Å². The highest BCUT2D eigenvalue weighted by Gasteiger charge is 2.15. The molecule has 1 unspecified atom stereocenters. The third-order valence-electron chi connectivity index (χ3n) is 2.41. The van der Waals surface area contributed by atoms with Gasteiger partial charge in [0.1, 0.15) is 11.9 Å². The van der Waals surface area contributed by atoms with Crippen molar-refractivity contribution in [1.29, 1.82) is 0 Å². The number of hydrogen-bond donors (Lipinski definition) is 2. The second-order valence-electron chi connectivity index (χ2n) is 3.67. The van der Waals surface area contributed by atoms with E-state index in [0.29, 0.717) is 11.3 Å². The number of nitrogen functional groups attached to an aromatic ring is 1. The van der Waals surface area contributed by atoms with Crippen molar-refractivity contribution < 1.29 is 9.50 Å². The standard InChI is InChI=1S/C12H12FNOS/c1-7-4-8(6-16-7)12(15)10-5-9(13)2-3-11(10)14/h2-6,12,15H,14H2,1H3. The van der Waals surface area contributed by atoms with Gasteiger partial charge >= 0.3 is 0 Å². The molecule has 2 aromatic rings. The Morgan fingerprint density at radius 3 is 2.75 bits per heavy atom. The quantitative estimate of drug-likeness (QED) is 0.789. The molecular weight excluding hydrogens is 225 g/mol. The van der Waals surface area contributed by atoms with Gasteiger partial charge in [-0.05, 0) is 42.1 Å². The molecule has 2 nitrogen and oxygen atoms in total. The van der Waals surface area contributed by atoms with E-state index < -0.39 is 11.9 Å². The summed E-state index contributed by atoms with van der Waals surface area (Å²) in [4.78, 5) is 1.10. The first-order valence-electron chi connectivity index (χ1n) is 4.86. The number of aliphatic hydroxyl groups is 1. The van der Waals surface area contributed by atoms with E-state index in [1.807, 2.05) is 18.4 Å². The van der Waals surface area contributed by atoms with Crippen LogP contribution in [-0.2, 0) is 0 Å². The molecule has 1 atom stereocenters. The molecule has 84 valence electrons. The van der Waals surface area contributed by atoms with Gasteiger partial charge in [-0.15, -0.1) is 11.3 Å². The molecule has 0 saturated carbocycles. The molecule has 0 amide bonds. The summed E-state index contributed by atoms with van der Waals surface area (Å²) in [5.74, 6) is -0.393. The predicted octanol–water partition coefficient (Wildman–Crippen LogP) is 2.86. The molecular formula is C12H12FNOS. The second kappa shape index (κ2) is 4.23. The second-order valence-corrected chi connectivity index (χ2v) is 4.78. The number of hydrogen-bond acceptors (Lipinski definition) is 3. The molecule has 0 aliphatic carbocycles. The Balaban J connectivity index is 2.40. The van der Waals surface area contributed by atoms with Gasteiger partial charge in [0.15, 0.2) is 0 Å². The van der Waals surface area contributed by atoms with Crippen LogP contribution in [0.4, 0.5) is 10.1 Å². The average molecular weight is 237 g/mol. The van der Waals surface area contributed by atoms with Gasteiger partial charge in [0.05, 0.1) is 0 Å². The summed E-state index contributed by atoms with van der Waals surface area (Å²) in [6.45, 7) is 1.95. The van der Waals surface area contributed by atoms with Crippen LogP contribution >= 0.6 is 11.3 Å². The Kier molecular flexibility index (Phi) is 2.94. The SMILES string of the molecule is Cc1cc(C(O)c2cc(F)ccc2N)cs1. The molecule has 4 heteroatoms. The van der Waals surface area contributed by atoms with Gasteiger partial charge in [0.25, 0.3) is 0 Å². The van der Waals surface area contributed by atoms with Gasteiger partial charge in [0.2, 0.25) is 0 Å². The van der Waals surface area contributed by atoms with Crippen LogP contribution in [0.3, 0.4) is 0 Å². The van der Waals surface area contributed by atoms with Gasteiger partial charge in [0, 0.05) is 16.1 Å². The summed E-state index contributed by atoms with van der Waals surface area (Å²) in [5.41, 5.74) is 7.28. The van der Waals surface area contributed by atoms with Gasteiger partial charge in [-0.1, -0.05) is 0 Å². The first-order chi connectivity index (χ1) is 7.58. The van der Waals surface area contributed by atoms with Crippen molar-refractivity contribution in [3.05, 3.63) is 51.5 Å². The van der Waals surface area contributed by atoms with Crippen LogP contribution in [-0.4, -0.2) is 5.11 Å². The number of thiophene rings is 1. The molecule has 3 N–H and O–H groups in total. The number of anilines is 1. The molecule has 0 bridgehead atoms. The van der Waals surface area contributed by atoms with Crippen LogP contribution in [0.2, 0.25) is 0 Å². The predicted molar refractivity (Wildman–Crippen MR) is 63.9 cm³/mol. The molecule has 1 aromatic carbocycles. The maximum atomic E-state index is 13.1. The highest BCUT2D eigenvalue weighted by molar-refractivity contribution is 7.10. The van der Waals surface area contributed by atoms with Crippen molar-refractivity contribution in [2.24, 2.45) is 0 Å². The molecule has 0 saturated heterocycles. The van der Waals surface area contributed by atoms with E-state index in [2.05, 4.69) is 0 Å². The molecule has 1 aromatic heterocycles. The van der Waals surface area contributed by atoms with Crippen molar-refractivity contribution >= 4 is 17.0 Å². The molecule has 2 rings (SSSR count). The monoisotopic (exact) mass is 237 g/mol. The lowest BCUT2D eigenvalue weighted by molar-refractivity contribution is 0.221. The number of aliphatic hydroxyl groups excluding tert-OH is 1. The summed E-state index contributed by atoms with van der Waals surface area (Å²) < 4.78 is 13.1. The molecule has 0 radical (unpaired) electrons. The maximum Gasteiger partial charge on any atom is 0.123 e. The Morgan fingerprint density at radius 1 is 1.38 bits per heavy atom. The van der Waals surface area contributed by atoms with Gasteiger partial charge in [-0.25, -0.2) is 4.39 Å². The van der Waals surface area contributed by atoms with E-state index in [0.717, 1.165) is 10.4 Å². The third kappa shape index (κ3) is 2.08. The number of halogens is 1. The average Bonchev–Trinajstić information content (AvgIpc) is 2.67. The van der Waals surface area contributed by atoms with Gasteiger partial charge in [-0.2, -0.15) is 0 Å².